The maximum absolute atomic E-state index is 12.6. The van der Waals surface area contributed by atoms with Crippen molar-refractivity contribution in [2.75, 3.05) is 12.3 Å². The van der Waals surface area contributed by atoms with E-state index in [0.717, 1.165) is 40.6 Å². The lowest BCUT2D eigenvalue weighted by Crippen LogP contribution is -2.33. The number of rotatable bonds is 8. The number of hydrogen-bond acceptors (Lipinski definition) is 5. The average molecular weight is 358 g/mol. The van der Waals surface area contributed by atoms with Gasteiger partial charge in [-0.2, -0.15) is 5.10 Å². The lowest BCUT2D eigenvalue weighted by atomic mass is 10.2. The SMILES string of the molecule is CCCc1nc2ccccc2n1[C@H](C)C(=O)NCCSc1ncn[nH]1. The maximum Gasteiger partial charge on any atom is 0.242 e. The molecule has 0 unspecified atom stereocenters. The van der Waals surface area contributed by atoms with Crippen LogP contribution in [-0.2, 0) is 11.2 Å². The van der Waals surface area contributed by atoms with Crippen molar-refractivity contribution in [3.8, 4) is 0 Å². The molecule has 2 heterocycles. The van der Waals surface area contributed by atoms with Crippen LogP contribution in [0, 0.1) is 0 Å². The van der Waals surface area contributed by atoms with E-state index in [4.69, 9.17) is 4.98 Å². The van der Waals surface area contributed by atoms with E-state index in [-0.39, 0.29) is 11.9 Å². The Morgan fingerprint density at radius 3 is 3.00 bits per heavy atom. The minimum absolute atomic E-state index is 0.00123. The highest BCUT2D eigenvalue weighted by atomic mass is 32.2. The number of carbonyl (C=O) groups excluding carboxylic acids is 1. The van der Waals surface area contributed by atoms with Crippen LogP contribution >= 0.6 is 11.8 Å². The van der Waals surface area contributed by atoms with Gasteiger partial charge in [-0.3, -0.25) is 9.89 Å². The van der Waals surface area contributed by atoms with Crippen molar-refractivity contribution in [3.63, 3.8) is 0 Å². The van der Waals surface area contributed by atoms with Gasteiger partial charge in [0.05, 0.1) is 11.0 Å². The fourth-order valence-corrected chi connectivity index (χ4v) is 3.41. The third-order valence-corrected chi connectivity index (χ3v) is 4.82. The molecule has 3 rings (SSSR count). The molecule has 0 saturated heterocycles. The molecule has 8 heteroatoms. The molecule has 0 spiro atoms. The third-order valence-electron chi connectivity index (χ3n) is 3.94. The zero-order chi connectivity index (χ0) is 17.6. The molecule has 1 aromatic carbocycles. The van der Waals surface area contributed by atoms with E-state index >= 15 is 0 Å². The fourth-order valence-electron chi connectivity index (χ4n) is 2.78. The molecule has 0 aliphatic rings. The van der Waals surface area contributed by atoms with Crippen LogP contribution in [0.25, 0.3) is 11.0 Å². The zero-order valence-corrected chi connectivity index (χ0v) is 15.2. The first-order chi connectivity index (χ1) is 12.2. The van der Waals surface area contributed by atoms with Gasteiger partial charge < -0.3 is 9.88 Å². The average Bonchev–Trinajstić information content (AvgIpc) is 3.25. The van der Waals surface area contributed by atoms with Crippen molar-refractivity contribution in [2.24, 2.45) is 0 Å². The van der Waals surface area contributed by atoms with Crippen LogP contribution in [0.3, 0.4) is 0 Å². The molecule has 132 valence electrons. The Kier molecular flexibility index (Phi) is 5.70. The summed E-state index contributed by atoms with van der Waals surface area (Å²) in [6, 6.07) is 7.66. The van der Waals surface area contributed by atoms with Crippen molar-refractivity contribution >= 4 is 28.7 Å². The van der Waals surface area contributed by atoms with Crippen molar-refractivity contribution < 1.29 is 4.79 Å². The summed E-state index contributed by atoms with van der Waals surface area (Å²) in [5, 5.41) is 10.3. The lowest BCUT2D eigenvalue weighted by Gasteiger charge is -2.17. The third kappa shape index (κ3) is 4.01. The predicted octanol–water partition coefficient (Wildman–Crippen LogP) is 2.58. The van der Waals surface area contributed by atoms with Crippen LogP contribution in [0.2, 0.25) is 0 Å². The molecule has 1 amide bonds. The molecular weight excluding hydrogens is 336 g/mol. The highest BCUT2D eigenvalue weighted by Crippen LogP contribution is 2.22. The van der Waals surface area contributed by atoms with Gasteiger partial charge in [0.2, 0.25) is 5.91 Å². The van der Waals surface area contributed by atoms with Crippen LogP contribution < -0.4 is 5.32 Å². The Hall–Kier alpha value is -2.35. The summed E-state index contributed by atoms with van der Waals surface area (Å²) in [6.07, 6.45) is 3.32. The Morgan fingerprint density at radius 1 is 1.40 bits per heavy atom. The summed E-state index contributed by atoms with van der Waals surface area (Å²) in [7, 11) is 0. The molecule has 0 bridgehead atoms. The Bertz CT molecular complexity index is 829. The number of aryl methyl sites for hydroxylation is 1. The molecule has 2 N–H and O–H groups in total. The summed E-state index contributed by atoms with van der Waals surface area (Å²) in [5.41, 5.74) is 1.94. The van der Waals surface area contributed by atoms with E-state index in [9.17, 15) is 4.79 Å². The number of benzene rings is 1. The molecule has 0 aliphatic heterocycles. The molecule has 3 aromatic rings. The second-order valence-electron chi connectivity index (χ2n) is 5.74. The Labute approximate surface area is 150 Å². The minimum Gasteiger partial charge on any atom is -0.353 e. The van der Waals surface area contributed by atoms with Crippen LogP contribution in [0.1, 0.15) is 32.1 Å². The number of thioether (sulfide) groups is 1. The Balaban J connectivity index is 1.66. The molecule has 0 saturated carbocycles. The molecule has 2 aromatic heterocycles. The van der Waals surface area contributed by atoms with Crippen molar-refractivity contribution in [1.29, 1.82) is 0 Å². The van der Waals surface area contributed by atoms with Gasteiger partial charge >= 0.3 is 0 Å². The maximum atomic E-state index is 12.6. The smallest absolute Gasteiger partial charge is 0.242 e. The van der Waals surface area contributed by atoms with E-state index in [1.165, 1.54) is 18.1 Å². The zero-order valence-electron chi connectivity index (χ0n) is 14.4. The van der Waals surface area contributed by atoms with Crippen LogP contribution in [-0.4, -0.2) is 42.9 Å². The van der Waals surface area contributed by atoms with Gasteiger partial charge in [0, 0.05) is 18.7 Å². The number of amides is 1. The first kappa shape index (κ1) is 17.5. The number of aromatic amines is 1. The van der Waals surface area contributed by atoms with E-state index in [1.54, 1.807) is 0 Å². The van der Waals surface area contributed by atoms with Gasteiger partial charge in [-0.15, -0.1) is 0 Å². The number of para-hydroxylation sites is 2. The monoisotopic (exact) mass is 358 g/mol. The second kappa shape index (κ2) is 8.15. The van der Waals surface area contributed by atoms with Gasteiger partial charge in [-0.05, 0) is 25.5 Å². The van der Waals surface area contributed by atoms with Crippen LogP contribution in [0.4, 0.5) is 0 Å². The predicted molar refractivity (Wildman–Crippen MR) is 98.6 cm³/mol. The number of fused-ring (bicyclic) bond motifs is 1. The lowest BCUT2D eigenvalue weighted by molar-refractivity contribution is -0.123. The summed E-state index contributed by atoms with van der Waals surface area (Å²) >= 11 is 1.53. The Morgan fingerprint density at radius 2 is 2.24 bits per heavy atom. The van der Waals surface area contributed by atoms with Crippen molar-refractivity contribution in [2.45, 2.75) is 37.9 Å². The molecule has 25 heavy (non-hydrogen) atoms. The second-order valence-corrected chi connectivity index (χ2v) is 6.83. The topological polar surface area (TPSA) is 88.5 Å². The molecule has 1 atom stereocenters. The quantitative estimate of drug-likeness (QED) is 0.477. The highest BCUT2D eigenvalue weighted by Gasteiger charge is 2.20. The number of nitrogens with zero attached hydrogens (tertiary/aromatic N) is 4. The van der Waals surface area contributed by atoms with Gasteiger partial charge in [-0.25, -0.2) is 9.97 Å². The van der Waals surface area contributed by atoms with Gasteiger partial charge in [0.1, 0.15) is 18.2 Å². The van der Waals surface area contributed by atoms with Crippen LogP contribution in [0.5, 0.6) is 0 Å². The van der Waals surface area contributed by atoms with Crippen LogP contribution in [0.15, 0.2) is 35.7 Å². The number of H-pyrrole nitrogens is 1. The van der Waals surface area contributed by atoms with Gasteiger partial charge in [0.25, 0.3) is 0 Å². The summed E-state index contributed by atoms with van der Waals surface area (Å²) in [4.78, 5) is 21.3. The number of hydrogen-bond donors (Lipinski definition) is 2. The number of imidazole rings is 1. The molecular formula is C17H22N6OS. The van der Waals surface area contributed by atoms with E-state index < -0.39 is 0 Å². The standard InChI is InChI=1S/C17H22N6OS/c1-3-6-15-21-13-7-4-5-8-14(13)23(15)12(2)16(24)18-9-10-25-17-19-11-20-22-17/h4-5,7-8,11-12H,3,6,9-10H2,1-2H3,(H,18,24)(H,19,20,22)/t12-/m1/s1. The van der Waals surface area contributed by atoms with Crippen molar-refractivity contribution in [1.82, 2.24) is 30.0 Å². The number of nitrogens with one attached hydrogen (secondary N) is 2. The number of carbonyl (C=O) groups is 1. The van der Waals surface area contributed by atoms with Crippen molar-refractivity contribution in [3.05, 3.63) is 36.4 Å². The first-order valence-corrected chi connectivity index (χ1v) is 9.41. The van der Waals surface area contributed by atoms with E-state index in [2.05, 4.69) is 32.0 Å². The summed E-state index contributed by atoms with van der Waals surface area (Å²) in [5.74, 6) is 1.70. The molecule has 0 radical (unpaired) electrons. The fraction of sp³-hybridized carbons (Fsp3) is 0.412. The minimum atomic E-state index is -0.302. The first-order valence-electron chi connectivity index (χ1n) is 8.42. The summed E-state index contributed by atoms with van der Waals surface area (Å²) in [6.45, 7) is 4.62. The largest absolute Gasteiger partial charge is 0.353 e. The van der Waals surface area contributed by atoms with E-state index in [0.29, 0.717) is 6.54 Å². The van der Waals surface area contributed by atoms with Gasteiger partial charge in [-0.1, -0.05) is 30.8 Å². The molecule has 0 fully saturated rings. The highest BCUT2D eigenvalue weighted by molar-refractivity contribution is 7.99. The summed E-state index contributed by atoms with van der Waals surface area (Å²) < 4.78 is 2.05. The van der Waals surface area contributed by atoms with E-state index in [1.807, 2.05) is 31.2 Å². The van der Waals surface area contributed by atoms with Gasteiger partial charge in [0.15, 0.2) is 5.16 Å². The number of aromatic nitrogens is 5. The molecule has 7 nitrogen and oxygen atoms in total. The normalized spacial score (nSPS) is 12.4. The molecule has 0 aliphatic carbocycles.